The van der Waals surface area contributed by atoms with Crippen LogP contribution in [0, 0.1) is 5.92 Å². The summed E-state index contributed by atoms with van der Waals surface area (Å²) < 4.78 is 38.6. The summed E-state index contributed by atoms with van der Waals surface area (Å²) >= 11 is 0. The van der Waals surface area contributed by atoms with Crippen molar-refractivity contribution in [1.82, 2.24) is 19.7 Å². The van der Waals surface area contributed by atoms with Gasteiger partial charge in [-0.05, 0) is 37.7 Å². The average molecular weight is 493 g/mol. The van der Waals surface area contributed by atoms with Crippen LogP contribution in [0.2, 0.25) is 0 Å². The number of anilines is 3. The molecule has 0 bridgehead atoms. The van der Waals surface area contributed by atoms with Crippen LogP contribution in [-0.4, -0.2) is 77.6 Å². The molecule has 0 aromatic carbocycles. The number of pyridine rings is 1. The van der Waals surface area contributed by atoms with E-state index in [1.165, 1.54) is 29.2 Å². The molecular weight excluding hydrogens is 465 g/mol. The average Bonchev–Trinajstić information content (AvgIpc) is 3.30. The molecule has 0 radical (unpaired) electrons. The van der Waals surface area contributed by atoms with Gasteiger partial charge < -0.3 is 15.5 Å². The van der Waals surface area contributed by atoms with Gasteiger partial charge in [0.25, 0.3) is 5.91 Å². The molecule has 1 aliphatic rings. The van der Waals surface area contributed by atoms with E-state index in [4.69, 9.17) is 0 Å². The molecular formula is C22H27F3N8O2. The van der Waals surface area contributed by atoms with Gasteiger partial charge in [-0.2, -0.15) is 18.3 Å². The molecule has 1 saturated heterocycles. The first-order valence-electron chi connectivity index (χ1n) is 10.7. The van der Waals surface area contributed by atoms with Crippen LogP contribution >= 0.6 is 0 Å². The summed E-state index contributed by atoms with van der Waals surface area (Å²) in [5.74, 6) is -0.173. The van der Waals surface area contributed by atoms with Gasteiger partial charge in [0.15, 0.2) is 5.82 Å². The number of nitrogens with zero attached hydrogens (tertiary/aromatic N) is 6. The van der Waals surface area contributed by atoms with Crippen molar-refractivity contribution in [2.24, 2.45) is 18.0 Å². The topological polar surface area (TPSA) is 108 Å². The van der Waals surface area contributed by atoms with Gasteiger partial charge in [0.05, 0.1) is 6.20 Å². The highest BCUT2D eigenvalue weighted by Gasteiger charge is 2.34. The first-order valence-corrected chi connectivity index (χ1v) is 10.7. The number of alkyl halides is 3. The highest BCUT2D eigenvalue weighted by atomic mass is 19.4. The maximum atomic E-state index is 12.7. The molecule has 188 valence electrons. The van der Waals surface area contributed by atoms with Gasteiger partial charge in [-0.25, -0.2) is 4.98 Å². The SMILES string of the molecule is C=C(N=Cc1ccnc(NCC(F)(F)F)c1)C(=O)Nc1cn(C)nc1N1CC(CN(C)C)CC1=O. The van der Waals surface area contributed by atoms with E-state index in [2.05, 4.69) is 32.3 Å². The van der Waals surface area contributed by atoms with Gasteiger partial charge in [-0.3, -0.25) is 24.2 Å². The van der Waals surface area contributed by atoms with Crippen molar-refractivity contribution in [1.29, 1.82) is 0 Å². The minimum atomic E-state index is -4.38. The van der Waals surface area contributed by atoms with E-state index in [9.17, 15) is 22.8 Å². The Balaban J connectivity index is 1.65. The van der Waals surface area contributed by atoms with Crippen LogP contribution in [0.1, 0.15) is 12.0 Å². The molecule has 10 nitrogen and oxygen atoms in total. The molecule has 35 heavy (non-hydrogen) atoms. The maximum absolute atomic E-state index is 12.7. The van der Waals surface area contributed by atoms with Crippen LogP contribution < -0.4 is 15.5 Å². The summed E-state index contributed by atoms with van der Waals surface area (Å²) in [4.78, 5) is 36.6. The van der Waals surface area contributed by atoms with Crippen LogP contribution in [-0.2, 0) is 16.6 Å². The van der Waals surface area contributed by atoms with Crippen LogP contribution in [0.15, 0.2) is 41.8 Å². The van der Waals surface area contributed by atoms with Crippen molar-refractivity contribution >= 4 is 35.4 Å². The van der Waals surface area contributed by atoms with Crippen LogP contribution in [0.25, 0.3) is 0 Å². The first-order chi connectivity index (χ1) is 16.4. The summed E-state index contributed by atoms with van der Waals surface area (Å²) in [5, 5.41) is 9.19. The van der Waals surface area contributed by atoms with Crippen molar-refractivity contribution in [2.75, 3.05) is 49.3 Å². The fourth-order valence-corrected chi connectivity index (χ4v) is 3.61. The fraction of sp³-hybridized carbons (Fsp3) is 0.409. The number of rotatable bonds is 9. The second kappa shape index (κ2) is 10.7. The quantitative estimate of drug-likeness (QED) is 0.411. The zero-order valence-corrected chi connectivity index (χ0v) is 19.6. The largest absolute Gasteiger partial charge is 0.405 e. The molecule has 1 unspecified atom stereocenters. The van der Waals surface area contributed by atoms with Gasteiger partial charge >= 0.3 is 6.18 Å². The molecule has 2 aromatic rings. The second-order valence-corrected chi connectivity index (χ2v) is 8.48. The number of aromatic nitrogens is 3. The van der Waals surface area contributed by atoms with E-state index in [0.717, 1.165) is 6.54 Å². The number of halogens is 3. The van der Waals surface area contributed by atoms with Crippen molar-refractivity contribution in [3.05, 3.63) is 42.4 Å². The van der Waals surface area contributed by atoms with E-state index in [1.807, 2.05) is 19.0 Å². The Morgan fingerprint density at radius 3 is 2.83 bits per heavy atom. The Morgan fingerprint density at radius 2 is 2.14 bits per heavy atom. The Morgan fingerprint density at radius 1 is 1.40 bits per heavy atom. The third-order valence-corrected chi connectivity index (χ3v) is 5.03. The number of hydrogen-bond donors (Lipinski definition) is 2. The lowest BCUT2D eigenvalue weighted by Gasteiger charge is -2.17. The number of hydrogen-bond acceptors (Lipinski definition) is 7. The lowest BCUT2D eigenvalue weighted by atomic mass is 10.1. The lowest BCUT2D eigenvalue weighted by molar-refractivity contribution is -0.117. The van der Waals surface area contributed by atoms with Gasteiger partial charge in [-0.15, -0.1) is 0 Å². The highest BCUT2D eigenvalue weighted by Crippen LogP contribution is 2.30. The van der Waals surface area contributed by atoms with Gasteiger partial charge in [0.2, 0.25) is 5.91 Å². The monoisotopic (exact) mass is 492 g/mol. The van der Waals surface area contributed by atoms with Gasteiger partial charge in [-0.1, -0.05) is 6.58 Å². The fourth-order valence-electron chi connectivity index (χ4n) is 3.61. The summed E-state index contributed by atoms with van der Waals surface area (Å²) in [7, 11) is 5.56. The molecule has 2 N–H and O–H groups in total. The van der Waals surface area contributed by atoms with E-state index < -0.39 is 18.6 Å². The molecule has 2 amide bonds. The number of aliphatic imine (C=N–C) groups is 1. The van der Waals surface area contributed by atoms with Crippen molar-refractivity contribution in [3.8, 4) is 0 Å². The minimum absolute atomic E-state index is 0.0178. The Kier molecular flexibility index (Phi) is 7.89. The zero-order valence-electron chi connectivity index (χ0n) is 19.6. The summed E-state index contributed by atoms with van der Waals surface area (Å²) in [6.07, 6.45) is 0.211. The molecule has 1 aliphatic heterocycles. The summed E-state index contributed by atoms with van der Waals surface area (Å²) in [6, 6.07) is 2.89. The number of carbonyl (C=O) groups is 2. The molecule has 1 fully saturated rings. The normalized spacial score (nSPS) is 16.4. The number of nitrogens with one attached hydrogen (secondary N) is 2. The van der Waals surface area contributed by atoms with Gasteiger partial charge in [0, 0.05) is 39.0 Å². The second-order valence-electron chi connectivity index (χ2n) is 8.48. The maximum Gasteiger partial charge on any atom is 0.405 e. The summed E-state index contributed by atoms with van der Waals surface area (Å²) in [5.41, 5.74) is 0.630. The summed E-state index contributed by atoms with van der Waals surface area (Å²) in [6.45, 7) is 3.67. The molecule has 0 spiro atoms. The molecule has 0 aliphatic carbocycles. The molecule has 3 rings (SSSR count). The van der Waals surface area contributed by atoms with E-state index in [0.29, 0.717) is 30.0 Å². The molecule has 1 atom stereocenters. The Bertz CT molecular complexity index is 1130. The molecule has 0 saturated carbocycles. The minimum Gasteiger partial charge on any atom is -0.361 e. The number of amides is 2. The predicted octanol–water partition coefficient (Wildman–Crippen LogP) is 2.28. The van der Waals surface area contributed by atoms with E-state index >= 15 is 0 Å². The van der Waals surface area contributed by atoms with Crippen LogP contribution in [0.5, 0.6) is 0 Å². The van der Waals surface area contributed by atoms with Crippen LogP contribution in [0.3, 0.4) is 0 Å². The highest BCUT2D eigenvalue weighted by molar-refractivity contribution is 6.07. The first kappa shape index (κ1) is 25.9. The Hall–Kier alpha value is -3.74. The molecule has 3 heterocycles. The third kappa shape index (κ3) is 7.37. The van der Waals surface area contributed by atoms with Crippen molar-refractivity contribution in [2.45, 2.75) is 12.6 Å². The van der Waals surface area contributed by atoms with E-state index in [1.54, 1.807) is 18.1 Å². The standard InChI is InChI=1S/C22H27F3N8O2/c1-14(27-9-15-5-6-26-18(7-15)28-13-22(23,24)25)21(35)29-17-12-32(4)30-20(17)33-11-16(8-19(33)34)10-31(2)3/h5-7,9,12,16H,1,8,10-11,13H2,2-4H3,(H,26,28)(H,29,35). The smallest absolute Gasteiger partial charge is 0.361 e. The predicted molar refractivity (Wildman–Crippen MR) is 126 cm³/mol. The van der Waals surface area contributed by atoms with Crippen molar-refractivity contribution < 1.29 is 22.8 Å². The zero-order chi connectivity index (χ0) is 25.8. The molecule has 13 heteroatoms. The number of carbonyl (C=O) groups excluding carboxylic acids is 2. The Labute approximate surface area is 200 Å². The number of aryl methyl sites for hydroxylation is 1. The van der Waals surface area contributed by atoms with Gasteiger partial charge in [0.1, 0.15) is 23.7 Å². The third-order valence-electron chi connectivity index (χ3n) is 5.03. The van der Waals surface area contributed by atoms with Crippen LogP contribution in [0.4, 0.5) is 30.5 Å². The lowest BCUT2D eigenvalue weighted by Crippen LogP contribution is -2.28. The van der Waals surface area contributed by atoms with E-state index in [-0.39, 0.29) is 23.3 Å². The van der Waals surface area contributed by atoms with Crippen molar-refractivity contribution in [3.63, 3.8) is 0 Å². The molecule has 2 aromatic heterocycles.